The van der Waals surface area contributed by atoms with Crippen LogP contribution >= 0.6 is 0 Å². The number of hydrogen-bond donors (Lipinski definition) is 0. The van der Waals surface area contributed by atoms with Crippen LogP contribution < -0.4 is 0 Å². The Labute approximate surface area is 154 Å². The fourth-order valence-electron chi connectivity index (χ4n) is 3.66. The Morgan fingerprint density at radius 1 is 1.12 bits per heavy atom. The van der Waals surface area contributed by atoms with E-state index in [0.29, 0.717) is 6.61 Å². The molecule has 2 saturated heterocycles. The van der Waals surface area contributed by atoms with Gasteiger partial charge in [0.25, 0.3) is 0 Å². The molecule has 2 fully saturated rings. The summed E-state index contributed by atoms with van der Waals surface area (Å²) in [5.74, 6) is 2.92. The summed E-state index contributed by atoms with van der Waals surface area (Å²) in [5, 5.41) is 0.140. The third-order valence-corrected chi connectivity index (χ3v) is 10.7. The smallest absolute Gasteiger partial charge is 0.412 e. The van der Waals surface area contributed by atoms with Gasteiger partial charge in [0, 0.05) is 0 Å². The number of hydrogen-bond acceptors (Lipinski definition) is 3. The zero-order valence-electron chi connectivity index (χ0n) is 17.3. The SMILES string of the molecule is C#CC12CCC(CO[Si](C)(C)C(C)(C)C)(CC1)N2C(=O)OC(C)(C)C. The molecule has 4 nitrogen and oxygen atoms in total. The summed E-state index contributed by atoms with van der Waals surface area (Å²) in [5.41, 5.74) is -1.35. The second-order valence-corrected chi connectivity index (χ2v) is 15.1. The molecular formula is C20H35NO3Si. The molecule has 0 N–H and O–H groups in total. The van der Waals surface area contributed by atoms with Crippen molar-refractivity contribution in [2.75, 3.05) is 6.61 Å². The van der Waals surface area contributed by atoms with E-state index in [1.807, 2.05) is 25.7 Å². The van der Waals surface area contributed by atoms with Crippen LogP contribution in [0.15, 0.2) is 0 Å². The second-order valence-electron chi connectivity index (χ2n) is 10.3. The van der Waals surface area contributed by atoms with E-state index in [1.54, 1.807) is 0 Å². The highest BCUT2D eigenvalue weighted by Gasteiger charge is 2.63. The Bertz CT molecular complexity index is 569. The molecule has 2 heterocycles. The van der Waals surface area contributed by atoms with Gasteiger partial charge in [0.2, 0.25) is 0 Å². The molecular weight excluding hydrogens is 330 g/mol. The van der Waals surface area contributed by atoms with Crippen molar-refractivity contribution in [3.63, 3.8) is 0 Å². The van der Waals surface area contributed by atoms with E-state index in [2.05, 4.69) is 39.8 Å². The summed E-state index contributed by atoms with van der Waals surface area (Å²) >= 11 is 0. The van der Waals surface area contributed by atoms with Gasteiger partial charge >= 0.3 is 6.09 Å². The lowest BCUT2D eigenvalue weighted by molar-refractivity contribution is -0.00572. The van der Waals surface area contributed by atoms with Crippen molar-refractivity contribution < 1.29 is 14.0 Å². The van der Waals surface area contributed by atoms with E-state index in [4.69, 9.17) is 15.6 Å². The van der Waals surface area contributed by atoms with Crippen molar-refractivity contribution in [2.24, 2.45) is 0 Å². The minimum absolute atomic E-state index is 0.140. The van der Waals surface area contributed by atoms with Crippen molar-refractivity contribution >= 4 is 14.4 Å². The van der Waals surface area contributed by atoms with E-state index >= 15 is 0 Å². The number of amides is 1. The number of ether oxygens (including phenoxy) is 1. The molecule has 0 aromatic rings. The third kappa shape index (κ3) is 3.61. The molecule has 2 aliphatic rings. The monoisotopic (exact) mass is 365 g/mol. The molecule has 0 saturated carbocycles. The third-order valence-electron chi connectivity index (χ3n) is 6.26. The molecule has 0 unspecified atom stereocenters. The first-order chi connectivity index (χ1) is 11.2. The standard InChI is InChI=1S/C20H35NO3Si/c1-10-19-11-13-20(14-12-19,15-23-25(8,9)18(5,6)7)21(19)16(22)24-17(2,3)4/h1H,11-15H2,2-9H3. The highest BCUT2D eigenvalue weighted by Crippen LogP contribution is 2.54. The maximum atomic E-state index is 13.0. The highest BCUT2D eigenvalue weighted by molar-refractivity contribution is 6.74. The van der Waals surface area contributed by atoms with Crippen molar-refractivity contribution in [1.29, 1.82) is 0 Å². The van der Waals surface area contributed by atoms with Gasteiger partial charge in [-0.3, -0.25) is 4.90 Å². The van der Waals surface area contributed by atoms with Crippen LogP contribution in [-0.2, 0) is 9.16 Å². The predicted octanol–water partition coefficient (Wildman–Crippen LogP) is 4.94. The lowest BCUT2D eigenvalue weighted by Gasteiger charge is -2.42. The van der Waals surface area contributed by atoms with Crippen molar-refractivity contribution in [2.45, 2.75) is 102 Å². The number of terminal acetylenes is 1. The Hall–Kier alpha value is -0.993. The van der Waals surface area contributed by atoms with Crippen LogP contribution in [0.1, 0.15) is 67.2 Å². The molecule has 25 heavy (non-hydrogen) atoms. The van der Waals surface area contributed by atoms with Crippen molar-refractivity contribution in [3.05, 3.63) is 0 Å². The summed E-state index contributed by atoms with van der Waals surface area (Å²) in [7, 11) is -1.89. The van der Waals surface area contributed by atoms with Crippen LogP contribution in [0, 0.1) is 12.3 Å². The molecule has 2 rings (SSSR count). The normalized spacial score (nSPS) is 29.6. The first-order valence-electron chi connectivity index (χ1n) is 9.33. The number of fused-ring (bicyclic) bond motifs is 2. The maximum absolute atomic E-state index is 13.0. The summed E-state index contributed by atoms with van der Waals surface area (Å²) in [4.78, 5) is 14.8. The fraction of sp³-hybridized carbons (Fsp3) is 0.850. The van der Waals surface area contributed by atoms with E-state index in [1.165, 1.54) is 0 Å². The second kappa shape index (κ2) is 6.02. The minimum Gasteiger partial charge on any atom is -0.444 e. The minimum atomic E-state index is -1.89. The zero-order valence-corrected chi connectivity index (χ0v) is 18.3. The summed E-state index contributed by atoms with van der Waals surface area (Å²) < 4.78 is 12.2. The summed E-state index contributed by atoms with van der Waals surface area (Å²) in [6.07, 6.45) is 9.05. The van der Waals surface area contributed by atoms with Crippen molar-refractivity contribution in [3.8, 4) is 12.3 Å². The molecule has 0 spiro atoms. The Kier molecular flexibility index (Phi) is 4.90. The van der Waals surface area contributed by atoms with Gasteiger partial charge in [-0.2, -0.15) is 0 Å². The molecule has 2 bridgehead atoms. The Morgan fingerprint density at radius 2 is 1.64 bits per heavy atom. The zero-order chi connectivity index (χ0) is 19.3. The van der Waals surface area contributed by atoms with Crippen LogP contribution in [0.2, 0.25) is 18.1 Å². The molecule has 1 amide bonds. The summed E-state index contributed by atoms with van der Waals surface area (Å²) in [6, 6.07) is 0. The molecule has 0 aromatic carbocycles. The van der Waals surface area contributed by atoms with E-state index in [9.17, 15) is 4.79 Å². The molecule has 0 atom stereocenters. The summed E-state index contributed by atoms with van der Waals surface area (Å²) in [6.45, 7) is 17.4. The highest BCUT2D eigenvalue weighted by atomic mass is 28.4. The van der Waals surface area contributed by atoms with Crippen LogP contribution in [0.3, 0.4) is 0 Å². The Morgan fingerprint density at radius 3 is 2.04 bits per heavy atom. The molecule has 0 aromatic heterocycles. The van der Waals surface area contributed by atoms with E-state index in [-0.39, 0.29) is 16.7 Å². The average Bonchev–Trinajstić information content (AvgIpc) is 2.94. The quantitative estimate of drug-likeness (QED) is 0.525. The molecule has 5 heteroatoms. The molecule has 0 aliphatic carbocycles. The largest absolute Gasteiger partial charge is 0.444 e. The maximum Gasteiger partial charge on any atom is 0.412 e. The lowest BCUT2D eigenvalue weighted by Crippen LogP contribution is -2.55. The van der Waals surface area contributed by atoms with Crippen LogP contribution in [0.5, 0.6) is 0 Å². The average molecular weight is 366 g/mol. The molecule has 0 radical (unpaired) electrons. The van der Waals surface area contributed by atoms with Gasteiger partial charge in [-0.05, 0) is 64.6 Å². The first-order valence-corrected chi connectivity index (χ1v) is 12.2. The van der Waals surface area contributed by atoms with Crippen molar-refractivity contribution in [1.82, 2.24) is 4.90 Å². The number of rotatable bonds is 3. The van der Waals surface area contributed by atoms with Crippen LogP contribution in [0.4, 0.5) is 4.79 Å². The number of carbonyl (C=O) groups excluding carboxylic acids is 1. The van der Waals surface area contributed by atoms with Gasteiger partial charge in [-0.1, -0.05) is 26.7 Å². The predicted molar refractivity (Wildman–Crippen MR) is 104 cm³/mol. The van der Waals surface area contributed by atoms with Crippen LogP contribution in [-0.4, -0.2) is 42.6 Å². The van der Waals surface area contributed by atoms with Gasteiger partial charge in [-0.15, -0.1) is 6.42 Å². The fourth-order valence-corrected chi connectivity index (χ4v) is 4.72. The first kappa shape index (κ1) is 20.3. The molecule has 142 valence electrons. The van der Waals surface area contributed by atoms with Gasteiger partial charge < -0.3 is 9.16 Å². The van der Waals surface area contributed by atoms with Gasteiger partial charge in [0.15, 0.2) is 8.32 Å². The van der Waals surface area contributed by atoms with E-state index in [0.717, 1.165) is 25.7 Å². The van der Waals surface area contributed by atoms with Crippen LogP contribution in [0.25, 0.3) is 0 Å². The topological polar surface area (TPSA) is 38.8 Å². The van der Waals surface area contributed by atoms with Gasteiger partial charge in [0.1, 0.15) is 11.1 Å². The lowest BCUT2D eigenvalue weighted by atomic mass is 9.83. The number of nitrogens with zero attached hydrogens (tertiary/aromatic N) is 1. The van der Waals surface area contributed by atoms with E-state index < -0.39 is 19.5 Å². The van der Waals surface area contributed by atoms with Gasteiger partial charge in [0.05, 0.1) is 12.1 Å². The Balaban J connectivity index is 2.26. The van der Waals surface area contributed by atoms with Gasteiger partial charge in [-0.25, -0.2) is 4.79 Å². The molecule has 2 aliphatic heterocycles. The number of carbonyl (C=O) groups is 1.